The number of hydrogen-bond acceptors (Lipinski definition) is 5. The zero-order valence-corrected chi connectivity index (χ0v) is 19.6. The molecule has 1 fully saturated rings. The summed E-state index contributed by atoms with van der Waals surface area (Å²) in [5, 5.41) is 18.3. The Bertz CT molecular complexity index is 1370. The fourth-order valence-corrected chi connectivity index (χ4v) is 4.78. The van der Waals surface area contributed by atoms with Gasteiger partial charge in [-0.3, -0.25) is 4.98 Å². The van der Waals surface area contributed by atoms with E-state index in [9.17, 15) is 5.11 Å². The second kappa shape index (κ2) is 9.17. The van der Waals surface area contributed by atoms with E-state index in [0.717, 1.165) is 64.0 Å². The van der Waals surface area contributed by atoms with E-state index in [0.29, 0.717) is 11.9 Å². The molecule has 4 aromatic rings. The van der Waals surface area contributed by atoms with E-state index >= 15 is 0 Å². The van der Waals surface area contributed by atoms with Crippen LogP contribution in [0.25, 0.3) is 16.6 Å². The number of pyridine rings is 1. The van der Waals surface area contributed by atoms with Gasteiger partial charge < -0.3 is 16.2 Å². The highest BCUT2D eigenvalue weighted by Crippen LogP contribution is 2.33. The summed E-state index contributed by atoms with van der Waals surface area (Å²) in [5.41, 5.74) is 14.3. The first-order valence-electron chi connectivity index (χ1n) is 11.9. The Morgan fingerprint density at radius 2 is 2.03 bits per heavy atom. The maximum Gasteiger partial charge on any atom is 0.135 e. The van der Waals surface area contributed by atoms with Crippen LogP contribution in [-0.2, 0) is 6.42 Å². The molecular weight excluding hydrogens is 424 g/mol. The van der Waals surface area contributed by atoms with Crippen LogP contribution in [0.3, 0.4) is 0 Å². The number of aromatic nitrogens is 3. The molecule has 4 N–H and O–H groups in total. The molecule has 1 aromatic carbocycles. The first-order valence-corrected chi connectivity index (χ1v) is 11.9. The number of phenolic OH excluding ortho intramolecular Hbond substituents is 1. The van der Waals surface area contributed by atoms with Crippen molar-refractivity contribution in [2.45, 2.75) is 52.0 Å². The number of nitrogens with two attached hydrogens (primary N) is 1. The molecule has 7 heteroatoms. The van der Waals surface area contributed by atoms with Gasteiger partial charge in [-0.2, -0.15) is 5.10 Å². The summed E-state index contributed by atoms with van der Waals surface area (Å²) in [6, 6.07) is 9.77. The number of aromatic hydroxyl groups is 1. The summed E-state index contributed by atoms with van der Waals surface area (Å²) in [6.07, 6.45) is 13.0. The minimum Gasteiger partial charge on any atom is -0.508 e. The number of hydrogen-bond donors (Lipinski definition) is 3. The van der Waals surface area contributed by atoms with E-state index in [1.165, 1.54) is 12.8 Å². The summed E-state index contributed by atoms with van der Waals surface area (Å²) in [5.74, 6) is 0.631. The summed E-state index contributed by atoms with van der Waals surface area (Å²) in [4.78, 5) is 8.97. The van der Waals surface area contributed by atoms with Crippen molar-refractivity contribution in [2.24, 2.45) is 10.7 Å². The number of aryl methyl sites for hydroxylation is 2. The number of aliphatic imine (C=N–C) groups is 1. The molecule has 0 aliphatic heterocycles. The van der Waals surface area contributed by atoms with E-state index in [4.69, 9.17) is 10.7 Å². The largest absolute Gasteiger partial charge is 0.508 e. The van der Waals surface area contributed by atoms with Gasteiger partial charge in [0, 0.05) is 30.2 Å². The minimum absolute atomic E-state index is 0.230. The predicted octanol–water partition coefficient (Wildman–Crippen LogP) is 5.36. The fourth-order valence-electron chi connectivity index (χ4n) is 4.78. The highest BCUT2D eigenvalue weighted by atomic mass is 16.3. The molecular formula is C27H30N6O. The van der Waals surface area contributed by atoms with Gasteiger partial charge in [0.25, 0.3) is 0 Å². The molecule has 34 heavy (non-hydrogen) atoms. The van der Waals surface area contributed by atoms with E-state index < -0.39 is 0 Å². The van der Waals surface area contributed by atoms with Gasteiger partial charge in [0.05, 0.1) is 28.7 Å². The third-order valence-corrected chi connectivity index (χ3v) is 6.63. The highest BCUT2D eigenvalue weighted by molar-refractivity contribution is 6.06. The topological polar surface area (TPSA) is 101 Å². The van der Waals surface area contributed by atoms with Gasteiger partial charge >= 0.3 is 0 Å². The van der Waals surface area contributed by atoms with E-state index in [2.05, 4.69) is 28.4 Å². The Labute approximate surface area is 199 Å². The Morgan fingerprint density at radius 1 is 1.21 bits per heavy atom. The molecule has 7 nitrogen and oxygen atoms in total. The van der Waals surface area contributed by atoms with Crippen LogP contribution >= 0.6 is 0 Å². The number of anilines is 1. The van der Waals surface area contributed by atoms with Crippen LogP contribution in [0.15, 0.2) is 60.1 Å². The molecule has 1 aliphatic rings. The predicted molar refractivity (Wildman–Crippen MR) is 137 cm³/mol. The van der Waals surface area contributed by atoms with E-state index in [1.807, 2.05) is 36.1 Å². The van der Waals surface area contributed by atoms with Crippen LogP contribution in [-0.4, -0.2) is 31.6 Å². The van der Waals surface area contributed by atoms with Crippen molar-refractivity contribution in [3.8, 4) is 16.9 Å². The number of nitrogens with zero attached hydrogens (tertiary/aromatic N) is 4. The van der Waals surface area contributed by atoms with Crippen molar-refractivity contribution in [3.05, 3.63) is 71.8 Å². The smallest absolute Gasteiger partial charge is 0.135 e. The number of amidine groups is 1. The molecule has 0 saturated heterocycles. The molecule has 0 spiro atoms. The van der Waals surface area contributed by atoms with Gasteiger partial charge in [0.1, 0.15) is 11.6 Å². The van der Waals surface area contributed by atoms with Crippen LogP contribution in [0.1, 0.15) is 49.3 Å². The summed E-state index contributed by atoms with van der Waals surface area (Å²) in [7, 11) is 0. The molecule has 174 valence electrons. The third-order valence-electron chi connectivity index (χ3n) is 6.63. The zero-order valence-electron chi connectivity index (χ0n) is 19.6. The lowest BCUT2D eigenvalue weighted by Crippen LogP contribution is -2.22. The molecule has 3 aromatic heterocycles. The molecule has 3 heterocycles. The Hall–Kier alpha value is -3.87. The average molecular weight is 455 g/mol. The minimum atomic E-state index is 0.230. The average Bonchev–Trinajstić information content (AvgIpc) is 3.50. The van der Waals surface area contributed by atoms with Gasteiger partial charge in [0.2, 0.25) is 0 Å². The first-order chi connectivity index (χ1) is 16.5. The SMILES string of the molecule is CCc1cc(O)ccc1N=C(N)c1cnn2cc(-c3ccncc3C)cc2c1NC1CCCC1. The van der Waals surface area contributed by atoms with E-state index in [-0.39, 0.29) is 5.75 Å². The monoisotopic (exact) mass is 454 g/mol. The van der Waals surface area contributed by atoms with Crippen molar-refractivity contribution in [1.29, 1.82) is 0 Å². The van der Waals surface area contributed by atoms with Crippen molar-refractivity contribution in [3.63, 3.8) is 0 Å². The highest BCUT2D eigenvalue weighted by Gasteiger charge is 2.21. The zero-order chi connectivity index (χ0) is 23.7. The Morgan fingerprint density at radius 3 is 2.79 bits per heavy atom. The number of rotatable bonds is 6. The molecule has 0 amide bonds. The van der Waals surface area contributed by atoms with Gasteiger partial charge in [-0.25, -0.2) is 9.51 Å². The quantitative estimate of drug-likeness (QED) is 0.269. The lowest BCUT2D eigenvalue weighted by molar-refractivity contribution is 0.474. The molecule has 0 atom stereocenters. The van der Waals surface area contributed by atoms with Crippen molar-refractivity contribution >= 4 is 22.7 Å². The number of phenols is 1. The van der Waals surface area contributed by atoms with Gasteiger partial charge in [-0.1, -0.05) is 19.8 Å². The fraction of sp³-hybridized carbons (Fsp3) is 0.296. The van der Waals surface area contributed by atoms with Crippen LogP contribution < -0.4 is 11.1 Å². The lowest BCUT2D eigenvalue weighted by atomic mass is 10.1. The van der Waals surface area contributed by atoms with Crippen LogP contribution in [0, 0.1) is 6.92 Å². The molecule has 0 unspecified atom stereocenters. The summed E-state index contributed by atoms with van der Waals surface area (Å²) < 4.78 is 1.90. The second-order valence-corrected chi connectivity index (χ2v) is 8.97. The third kappa shape index (κ3) is 4.21. The number of benzene rings is 1. The Balaban J connectivity index is 1.64. The maximum atomic E-state index is 9.85. The maximum absolute atomic E-state index is 9.85. The molecule has 0 radical (unpaired) electrons. The summed E-state index contributed by atoms with van der Waals surface area (Å²) in [6.45, 7) is 4.10. The normalized spacial score (nSPS) is 14.7. The first kappa shape index (κ1) is 21.9. The standard InChI is InChI=1S/C27H30N6O/c1-3-18-12-21(34)8-9-24(18)32-27(28)23-15-30-33-16-19(22-10-11-29-14-17(22)2)13-25(33)26(23)31-20-6-4-5-7-20/h8-16,20,31,34H,3-7H2,1-2H3,(H2,28,32). The number of nitrogens with one attached hydrogen (secondary N) is 1. The molecule has 1 aliphatic carbocycles. The Kier molecular flexibility index (Phi) is 5.92. The van der Waals surface area contributed by atoms with Crippen molar-refractivity contribution < 1.29 is 5.11 Å². The van der Waals surface area contributed by atoms with Gasteiger partial charge in [0.15, 0.2) is 0 Å². The van der Waals surface area contributed by atoms with E-state index in [1.54, 1.807) is 24.4 Å². The second-order valence-electron chi connectivity index (χ2n) is 8.97. The van der Waals surface area contributed by atoms with Gasteiger partial charge in [-0.15, -0.1) is 0 Å². The summed E-state index contributed by atoms with van der Waals surface area (Å²) >= 11 is 0. The van der Waals surface area contributed by atoms with Crippen LogP contribution in [0.4, 0.5) is 11.4 Å². The van der Waals surface area contributed by atoms with Crippen LogP contribution in [0.5, 0.6) is 5.75 Å². The van der Waals surface area contributed by atoms with Crippen molar-refractivity contribution in [1.82, 2.24) is 14.6 Å². The van der Waals surface area contributed by atoms with Crippen LogP contribution in [0.2, 0.25) is 0 Å². The molecule has 0 bridgehead atoms. The molecule has 5 rings (SSSR count). The van der Waals surface area contributed by atoms with Gasteiger partial charge in [-0.05, 0) is 73.2 Å². The lowest BCUT2D eigenvalue weighted by Gasteiger charge is -2.18. The molecule has 1 saturated carbocycles. The number of fused-ring (bicyclic) bond motifs is 1. The van der Waals surface area contributed by atoms with Crippen molar-refractivity contribution in [2.75, 3.05) is 5.32 Å².